The smallest absolute Gasteiger partial charge is 0.417 e. The molecule has 4 heterocycles. The van der Waals surface area contributed by atoms with Crippen LogP contribution in [-0.2, 0) is 28.9 Å². The maximum atomic E-state index is 15.3. The highest BCUT2D eigenvalue weighted by Crippen LogP contribution is 2.38. The second-order valence-corrected chi connectivity index (χ2v) is 13.5. The van der Waals surface area contributed by atoms with Crippen molar-refractivity contribution in [3.8, 4) is 5.75 Å². The van der Waals surface area contributed by atoms with Crippen LogP contribution in [0.15, 0.2) is 42.6 Å². The largest absolute Gasteiger partial charge is 0.489 e. The number of hydrogen-bond acceptors (Lipinski definition) is 8. The van der Waals surface area contributed by atoms with E-state index in [0.29, 0.717) is 23.5 Å². The Morgan fingerprint density at radius 1 is 1.08 bits per heavy atom. The van der Waals surface area contributed by atoms with Crippen LogP contribution in [0.2, 0.25) is 0 Å². The summed E-state index contributed by atoms with van der Waals surface area (Å²) in [6, 6.07) is 8.80. The molecule has 6 rings (SSSR count). The predicted octanol–water partition coefficient (Wildman–Crippen LogP) is 5.94. The summed E-state index contributed by atoms with van der Waals surface area (Å²) in [6.45, 7) is 7.90. The molecule has 10 nitrogen and oxygen atoms in total. The lowest BCUT2D eigenvalue weighted by Gasteiger charge is -2.38. The van der Waals surface area contributed by atoms with Gasteiger partial charge in [-0.3, -0.25) is 24.6 Å². The zero-order chi connectivity index (χ0) is 35.9. The zero-order valence-corrected chi connectivity index (χ0v) is 28.4. The van der Waals surface area contributed by atoms with Gasteiger partial charge in [0.15, 0.2) is 0 Å². The molecule has 2 saturated heterocycles. The standard InChI is InChI=1S/C36H40F4N6O4/c1-20(2)50-30-16-29(21(3)13-27(30)42-31-7-5-24(17-41-31)36(38,39)40)45-11-9-25(10-12-45)44(4)18-22-14-23-19-46(35(49)33(23)26(37)15-22)28-6-8-32(47)43-34(28)48/h5,7,13-17,20,25,28H,6,8-12,18-19H2,1-4H3,(H,41,42)(H,43,47,48). The Balaban J connectivity index is 1.10. The molecule has 1 unspecified atom stereocenters. The van der Waals surface area contributed by atoms with Crippen molar-refractivity contribution in [2.45, 2.75) is 83.9 Å². The predicted molar refractivity (Wildman–Crippen MR) is 179 cm³/mol. The van der Waals surface area contributed by atoms with Gasteiger partial charge in [0, 0.05) is 56.6 Å². The lowest BCUT2D eigenvalue weighted by atomic mass is 10.00. The highest BCUT2D eigenvalue weighted by Gasteiger charge is 2.41. The third-order valence-corrected chi connectivity index (χ3v) is 9.51. The van der Waals surface area contributed by atoms with Crippen LogP contribution in [0.3, 0.4) is 0 Å². The van der Waals surface area contributed by atoms with Gasteiger partial charge in [-0.1, -0.05) is 6.07 Å². The highest BCUT2D eigenvalue weighted by molar-refractivity contribution is 6.05. The van der Waals surface area contributed by atoms with Crippen LogP contribution >= 0.6 is 0 Å². The number of ether oxygens (including phenoxy) is 1. The van der Waals surface area contributed by atoms with Gasteiger partial charge < -0.3 is 19.9 Å². The van der Waals surface area contributed by atoms with Crippen molar-refractivity contribution in [3.05, 3.63) is 76.2 Å². The van der Waals surface area contributed by atoms with E-state index >= 15 is 4.39 Å². The Kier molecular flexibility index (Phi) is 9.75. The number of alkyl halides is 3. The van der Waals surface area contributed by atoms with E-state index in [9.17, 15) is 27.6 Å². The van der Waals surface area contributed by atoms with E-state index in [2.05, 4.69) is 25.4 Å². The van der Waals surface area contributed by atoms with Gasteiger partial charge in [-0.25, -0.2) is 9.37 Å². The molecule has 2 aromatic carbocycles. The minimum absolute atomic E-state index is 0.0116. The summed E-state index contributed by atoms with van der Waals surface area (Å²) < 4.78 is 60.5. The van der Waals surface area contributed by atoms with Crippen molar-refractivity contribution in [1.29, 1.82) is 0 Å². The zero-order valence-electron chi connectivity index (χ0n) is 28.4. The quantitative estimate of drug-likeness (QED) is 0.209. The number of nitrogens with one attached hydrogen (secondary N) is 2. The summed E-state index contributed by atoms with van der Waals surface area (Å²) in [7, 11) is 2.00. The number of pyridine rings is 1. The molecule has 2 N–H and O–H groups in total. The summed E-state index contributed by atoms with van der Waals surface area (Å²) in [5, 5.41) is 5.38. The van der Waals surface area contributed by atoms with Gasteiger partial charge in [0.25, 0.3) is 5.91 Å². The molecule has 3 aromatic rings. The number of halogens is 4. The number of benzene rings is 2. The third kappa shape index (κ3) is 7.40. The van der Waals surface area contributed by atoms with Crippen LogP contribution in [0.5, 0.6) is 5.75 Å². The number of piperidine rings is 2. The van der Waals surface area contributed by atoms with Gasteiger partial charge in [-0.05, 0) is 88.0 Å². The van der Waals surface area contributed by atoms with Crippen LogP contribution in [0.25, 0.3) is 0 Å². The molecule has 2 fully saturated rings. The Labute approximate surface area is 287 Å². The van der Waals surface area contributed by atoms with E-state index in [1.165, 1.54) is 17.0 Å². The molecule has 14 heteroatoms. The second-order valence-electron chi connectivity index (χ2n) is 13.5. The average Bonchev–Trinajstić information content (AvgIpc) is 3.37. The molecule has 3 aliphatic rings. The SMILES string of the molecule is Cc1cc(Nc2ccc(C(F)(F)F)cn2)c(OC(C)C)cc1N1CCC(N(C)Cc2cc(F)c3c(c2)CN(C2CCC(=O)NC2=O)C3=O)CC1. The molecule has 0 bridgehead atoms. The van der Waals surface area contributed by atoms with Crippen LogP contribution in [-0.4, -0.2) is 70.8 Å². The molecule has 0 saturated carbocycles. The molecule has 266 valence electrons. The number of amides is 3. The number of carbonyl (C=O) groups is 3. The molecule has 0 radical (unpaired) electrons. The van der Waals surface area contributed by atoms with Crippen LogP contribution in [0.1, 0.15) is 72.1 Å². The fourth-order valence-corrected chi connectivity index (χ4v) is 7.02. The first-order chi connectivity index (χ1) is 23.7. The number of carbonyl (C=O) groups excluding carboxylic acids is 3. The lowest BCUT2D eigenvalue weighted by Crippen LogP contribution is -2.52. The van der Waals surface area contributed by atoms with Crippen molar-refractivity contribution >= 4 is 34.9 Å². The first-order valence-electron chi connectivity index (χ1n) is 16.7. The Hall–Kier alpha value is -4.72. The molecule has 50 heavy (non-hydrogen) atoms. The monoisotopic (exact) mass is 696 g/mol. The molecule has 1 aromatic heterocycles. The van der Waals surface area contributed by atoms with E-state index in [-0.39, 0.29) is 48.8 Å². The number of aromatic nitrogens is 1. The first kappa shape index (κ1) is 35.1. The van der Waals surface area contributed by atoms with Gasteiger partial charge in [0.2, 0.25) is 11.8 Å². The van der Waals surface area contributed by atoms with E-state index < -0.39 is 35.4 Å². The summed E-state index contributed by atoms with van der Waals surface area (Å²) in [6.07, 6.45) is -1.77. The van der Waals surface area contributed by atoms with Gasteiger partial charge in [0.1, 0.15) is 23.4 Å². The van der Waals surface area contributed by atoms with E-state index in [1.54, 1.807) is 0 Å². The summed E-state index contributed by atoms with van der Waals surface area (Å²) in [5.41, 5.74) is 3.01. The van der Waals surface area contributed by atoms with Crippen LogP contribution in [0.4, 0.5) is 34.8 Å². The topological polar surface area (TPSA) is 107 Å². The molecule has 1 atom stereocenters. The third-order valence-electron chi connectivity index (χ3n) is 9.51. The summed E-state index contributed by atoms with van der Waals surface area (Å²) >= 11 is 0. The number of hydrogen-bond donors (Lipinski definition) is 2. The molecular weight excluding hydrogens is 656 g/mol. The normalized spacial score (nSPS) is 18.6. The first-order valence-corrected chi connectivity index (χ1v) is 16.7. The van der Waals surface area contributed by atoms with Crippen LogP contribution < -0.4 is 20.3 Å². The number of nitrogens with zero attached hydrogens (tertiary/aromatic N) is 4. The highest BCUT2D eigenvalue weighted by atomic mass is 19.4. The lowest BCUT2D eigenvalue weighted by molar-refractivity contribution is -0.138. The van der Waals surface area contributed by atoms with Crippen molar-refractivity contribution in [2.24, 2.45) is 0 Å². The average molecular weight is 697 g/mol. The Morgan fingerprint density at radius 3 is 2.46 bits per heavy atom. The molecule has 0 aliphatic carbocycles. The van der Waals surface area contributed by atoms with Gasteiger partial charge in [-0.2, -0.15) is 13.2 Å². The summed E-state index contributed by atoms with van der Waals surface area (Å²) in [4.78, 5) is 46.8. The number of rotatable bonds is 9. The van der Waals surface area contributed by atoms with Gasteiger partial charge in [0.05, 0.1) is 22.9 Å². The maximum Gasteiger partial charge on any atom is 0.417 e. The summed E-state index contributed by atoms with van der Waals surface area (Å²) in [5.74, 6) is -1.21. The maximum absolute atomic E-state index is 15.3. The molecule has 3 amide bonds. The van der Waals surface area contributed by atoms with Crippen LogP contribution in [0, 0.1) is 12.7 Å². The van der Waals surface area contributed by atoms with Crippen molar-refractivity contribution in [1.82, 2.24) is 20.1 Å². The molecular formula is C36H40F4N6O4. The number of fused-ring (bicyclic) bond motifs is 1. The van der Waals surface area contributed by atoms with Crippen molar-refractivity contribution in [2.75, 3.05) is 30.4 Å². The van der Waals surface area contributed by atoms with Gasteiger partial charge >= 0.3 is 6.18 Å². The van der Waals surface area contributed by atoms with E-state index in [0.717, 1.165) is 55.0 Å². The van der Waals surface area contributed by atoms with Crippen molar-refractivity contribution < 1.29 is 36.7 Å². The molecule has 0 spiro atoms. The number of imide groups is 1. The minimum atomic E-state index is -4.47. The fraction of sp³-hybridized carbons (Fsp3) is 0.444. The van der Waals surface area contributed by atoms with Gasteiger partial charge in [-0.15, -0.1) is 0 Å². The van der Waals surface area contributed by atoms with E-state index in [1.807, 2.05) is 46.0 Å². The Morgan fingerprint density at radius 2 is 1.82 bits per heavy atom. The number of aryl methyl sites for hydroxylation is 1. The molecule has 3 aliphatic heterocycles. The van der Waals surface area contributed by atoms with Crippen molar-refractivity contribution in [3.63, 3.8) is 0 Å². The van der Waals surface area contributed by atoms with E-state index in [4.69, 9.17) is 4.74 Å². The number of anilines is 3. The minimum Gasteiger partial charge on any atom is -0.489 e. The second kappa shape index (κ2) is 13.9. The fourth-order valence-electron chi connectivity index (χ4n) is 7.02. The Bertz CT molecular complexity index is 1790.